The van der Waals surface area contributed by atoms with Crippen LogP contribution in [0.5, 0.6) is 11.5 Å². The fourth-order valence-electron chi connectivity index (χ4n) is 1.97. The van der Waals surface area contributed by atoms with Crippen molar-refractivity contribution in [3.63, 3.8) is 0 Å². The highest BCUT2D eigenvalue weighted by Gasteiger charge is 2.17. The summed E-state index contributed by atoms with van der Waals surface area (Å²) in [5.41, 5.74) is 0.330. The van der Waals surface area contributed by atoms with Gasteiger partial charge in [0.15, 0.2) is 11.6 Å². The quantitative estimate of drug-likeness (QED) is 0.517. The molecule has 7 heteroatoms. The first-order chi connectivity index (χ1) is 10.5. The fourth-order valence-corrected chi connectivity index (χ4v) is 2.21. The van der Waals surface area contributed by atoms with E-state index in [9.17, 15) is 14.5 Å². The number of benzene rings is 2. The molecule has 3 rings (SSSR count). The summed E-state index contributed by atoms with van der Waals surface area (Å²) in [7, 11) is 0. The number of ether oxygens (including phenoxy) is 1. The van der Waals surface area contributed by atoms with Gasteiger partial charge in [-0.15, -0.1) is 0 Å². The Labute approximate surface area is 129 Å². The Bertz CT molecular complexity index is 863. The smallest absolute Gasteiger partial charge is 0.274 e. The van der Waals surface area contributed by atoms with Crippen LogP contribution in [0.15, 0.2) is 48.7 Å². The maximum atomic E-state index is 13.9. The molecule has 0 saturated heterocycles. The number of nitrogens with zero attached hydrogens (tertiary/aromatic N) is 2. The molecule has 0 unspecified atom stereocenters. The van der Waals surface area contributed by atoms with Crippen LogP contribution in [0.25, 0.3) is 10.9 Å². The number of fused-ring (bicyclic) bond motifs is 1. The van der Waals surface area contributed by atoms with Crippen LogP contribution in [-0.2, 0) is 0 Å². The Morgan fingerprint density at radius 1 is 1.23 bits per heavy atom. The highest BCUT2D eigenvalue weighted by atomic mass is 35.5. The molecular weight excluding hydrogens is 311 g/mol. The molecule has 0 amide bonds. The lowest BCUT2D eigenvalue weighted by Crippen LogP contribution is -1.94. The predicted molar refractivity (Wildman–Crippen MR) is 79.9 cm³/mol. The van der Waals surface area contributed by atoms with E-state index in [1.807, 2.05) is 24.3 Å². The fraction of sp³-hybridized carbons (Fsp3) is 0. The van der Waals surface area contributed by atoms with Crippen molar-refractivity contribution in [3.05, 3.63) is 69.6 Å². The molecule has 0 atom stereocenters. The SMILES string of the molecule is O=[N+]([O-])c1cc(F)c(Oc2cnc3ccccc3c2)c(Cl)c1. The number of hydrogen-bond donors (Lipinski definition) is 0. The van der Waals surface area contributed by atoms with Gasteiger partial charge in [-0.3, -0.25) is 15.1 Å². The van der Waals surface area contributed by atoms with E-state index in [0.717, 1.165) is 23.0 Å². The zero-order valence-electron chi connectivity index (χ0n) is 11.0. The van der Waals surface area contributed by atoms with E-state index in [1.54, 1.807) is 6.07 Å². The number of rotatable bonds is 3. The number of halogens is 2. The topological polar surface area (TPSA) is 65.3 Å². The van der Waals surface area contributed by atoms with Crippen molar-refractivity contribution in [3.8, 4) is 11.5 Å². The molecule has 0 bridgehead atoms. The lowest BCUT2D eigenvalue weighted by Gasteiger charge is -2.09. The van der Waals surface area contributed by atoms with Crippen LogP contribution in [0, 0.1) is 15.9 Å². The van der Waals surface area contributed by atoms with Gasteiger partial charge in [-0.1, -0.05) is 29.8 Å². The summed E-state index contributed by atoms with van der Waals surface area (Å²) in [6.07, 6.45) is 1.43. The Hall–Kier alpha value is -2.73. The normalized spacial score (nSPS) is 10.6. The van der Waals surface area contributed by atoms with E-state index in [4.69, 9.17) is 16.3 Å². The van der Waals surface area contributed by atoms with Gasteiger partial charge in [-0.25, -0.2) is 4.39 Å². The summed E-state index contributed by atoms with van der Waals surface area (Å²) in [4.78, 5) is 14.1. The Balaban J connectivity index is 1.99. The molecule has 0 fully saturated rings. The zero-order valence-corrected chi connectivity index (χ0v) is 11.7. The van der Waals surface area contributed by atoms with Gasteiger partial charge in [-0.05, 0) is 12.1 Å². The highest BCUT2D eigenvalue weighted by molar-refractivity contribution is 6.32. The molecule has 0 N–H and O–H groups in total. The standard InChI is InChI=1S/C15H8ClFN2O3/c16-12-6-10(19(20)21)7-13(17)15(12)22-11-5-9-3-1-2-4-14(9)18-8-11/h1-8H. The highest BCUT2D eigenvalue weighted by Crippen LogP contribution is 2.35. The molecular formula is C15H8ClFN2O3. The van der Waals surface area contributed by atoms with Crippen LogP contribution in [0.4, 0.5) is 10.1 Å². The summed E-state index contributed by atoms with van der Waals surface area (Å²) in [6.45, 7) is 0. The number of non-ortho nitro benzene ring substituents is 1. The third-order valence-corrected chi connectivity index (χ3v) is 3.26. The molecule has 5 nitrogen and oxygen atoms in total. The average Bonchev–Trinajstić information content (AvgIpc) is 2.50. The van der Waals surface area contributed by atoms with Gasteiger partial charge in [0, 0.05) is 11.5 Å². The van der Waals surface area contributed by atoms with Gasteiger partial charge >= 0.3 is 0 Å². The molecule has 2 aromatic carbocycles. The van der Waals surface area contributed by atoms with Crippen LogP contribution >= 0.6 is 11.6 Å². The van der Waals surface area contributed by atoms with Crippen molar-refractivity contribution in [1.29, 1.82) is 0 Å². The zero-order chi connectivity index (χ0) is 15.7. The number of hydrogen-bond acceptors (Lipinski definition) is 4. The van der Waals surface area contributed by atoms with E-state index in [1.165, 1.54) is 6.20 Å². The van der Waals surface area contributed by atoms with Crippen LogP contribution in [0.3, 0.4) is 0 Å². The minimum absolute atomic E-state index is 0.181. The number of nitro benzene ring substituents is 1. The summed E-state index contributed by atoms with van der Waals surface area (Å²) in [6, 6.07) is 10.8. The first kappa shape index (κ1) is 14.2. The van der Waals surface area contributed by atoms with Gasteiger partial charge in [0.2, 0.25) is 0 Å². The van der Waals surface area contributed by atoms with E-state index < -0.39 is 16.4 Å². The molecule has 22 heavy (non-hydrogen) atoms. The van der Waals surface area contributed by atoms with E-state index in [-0.39, 0.29) is 16.5 Å². The maximum absolute atomic E-state index is 13.9. The lowest BCUT2D eigenvalue weighted by atomic mass is 10.2. The largest absolute Gasteiger partial charge is 0.451 e. The minimum atomic E-state index is -0.910. The van der Waals surface area contributed by atoms with E-state index >= 15 is 0 Å². The van der Waals surface area contributed by atoms with Gasteiger partial charge in [-0.2, -0.15) is 0 Å². The molecule has 0 spiro atoms. The van der Waals surface area contributed by atoms with Crippen molar-refractivity contribution in [2.24, 2.45) is 0 Å². The van der Waals surface area contributed by atoms with Crippen molar-refractivity contribution in [2.75, 3.05) is 0 Å². The average molecular weight is 319 g/mol. The summed E-state index contributed by atoms with van der Waals surface area (Å²) >= 11 is 5.86. The lowest BCUT2D eigenvalue weighted by molar-refractivity contribution is -0.385. The van der Waals surface area contributed by atoms with Crippen LogP contribution in [0.2, 0.25) is 5.02 Å². The second-order valence-electron chi connectivity index (χ2n) is 4.46. The number of para-hydroxylation sites is 1. The first-order valence-electron chi connectivity index (χ1n) is 6.20. The van der Waals surface area contributed by atoms with Gasteiger partial charge < -0.3 is 4.74 Å². The Kier molecular flexibility index (Phi) is 3.60. The van der Waals surface area contributed by atoms with Crippen molar-refractivity contribution < 1.29 is 14.1 Å². The Morgan fingerprint density at radius 3 is 2.73 bits per heavy atom. The molecule has 3 aromatic rings. The minimum Gasteiger partial charge on any atom is -0.451 e. The first-order valence-corrected chi connectivity index (χ1v) is 6.58. The van der Waals surface area contributed by atoms with Crippen LogP contribution in [-0.4, -0.2) is 9.91 Å². The monoisotopic (exact) mass is 318 g/mol. The molecule has 1 aromatic heterocycles. The molecule has 0 radical (unpaired) electrons. The number of pyridine rings is 1. The van der Waals surface area contributed by atoms with Crippen molar-refractivity contribution in [1.82, 2.24) is 4.98 Å². The van der Waals surface area contributed by atoms with Crippen molar-refractivity contribution >= 4 is 28.2 Å². The Morgan fingerprint density at radius 2 is 2.00 bits per heavy atom. The third kappa shape index (κ3) is 2.68. The van der Waals surface area contributed by atoms with Crippen molar-refractivity contribution in [2.45, 2.75) is 0 Å². The number of nitro groups is 1. The second kappa shape index (κ2) is 5.57. The molecule has 0 saturated carbocycles. The van der Waals surface area contributed by atoms with E-state index in [2.05, 4.69) is 4.98 Å². The molecule has 1 heterocycles. The second-order valence-corrected chi connectivity index (χ2v) is 4.87. The predicted octanol–water partition coefficient (Wildman–Crippen LogP) is 4.73. The molecule has 110 valence electrons. The molecule has 0 aliphatic rings. The van der Waals surface area contributed by atoms with Gasteiger partial charge in [0.05, 0.1) is 27.7 Å². The summed E-state index contributed by atoms with van der Waals surface area (Å²) in [5.74, 6) is -0.898. The van der Waals surface area contributed by atoms with Crippen LogP contribution in [0.1, 0.15) is 0 Å². The van der Waals surface area contributed by atoms with Gasteiger partial charge in [0.25, 0.3) is 5.69 Å². The van der Waals surface area contributed by atoms with Gasteiger partial charge in [0.1, 0.15) is 5.75 Å². The maximum Gasteiger partial charge on any atom is 0.274 e. The van der Waals surface area contributed by atoms with E-state index in [0.29, 0.717) is 0 Å². The molecule has 0 aliphatic heterocycles. The third-order valence-electron chi connectivity index (χ3n) is 2.98. The number of aromatic nitrogens is 1. The van der Waals surface area contributed by atoms with Crippen LogP contribution < -0.4 is 4.74 Å². The summed E-state index contributed by atoms with van der Waals surface area (Å²) in [5, 5.41) is 11.3. The molecule has 0 aliphatic carbocycles. The summed E-state index contributed by atoms with van der Waals surface area (Å²) < 4.78 is 19.3.